The molecule has 1 aliphatic rings. The summed E-state index contributed by atoms with van der Waals surface area (Å²) < 4.78 is 5.74. The monoisotopic (exact) mass is 278 g/mol. The SMILES string of the molecule is CCN1CCOC(CNc2ccc(C(=O)O)cc2C)C1. The van der Waals surface area contributed by atoms with Crippen molar-refractivity contribution in [3.05, 3.63) is 29.3 Å². The minimum absolute atomic E-state index is 0.183. The number of ether oxygens (including phenoxy) is 1. The van der Waals surface area contributed by atoms with Crippen LogP contribution < -0.4 is 5.32 Å². The van der Waals surface area contributed by atoms with Crippen molar-refractivity contribution in [3.63, 3.8) is 0 Å². The van der Waals surface area contributed by atoms with Crippen LogP contribution >= 0.6 is 0 Å². The number of nitrogens with zero attached hydrogens (tertiary/aromatic N) is 1. The van der Waals surface area contributed by atoms with Gasteiger partial charge < -0.3 is 15.2 Å². The van der Waals surface area contributed by atoms with E-state index in [2.05, 4.69) is 17.1 Å². The summed E-state index contributed by atoms with van der Waals surface area (Å²) in [5.74, 6) is -0.895. The van der Waals surface area contributed by atoms with E-state index in [-0.39, 0.29) is 6.10 Å². The van der Waals surface area contributed by atoms with Crippen molar-refractivity contribution in [2.75, 3.05) is 38.1 Å². The minimum atomic E-state index is -0.895. The Bertz CT molecular complexity index is 476. The molecule has 5 heteroatoms. The van der Waals surface area contributed by atoms with E-state index in [0.717, 1.165) is 44.0 Å². The van der Waals surface area contributed by atoms with Crippen molar-refractivity contribution >= 4 is 11.7 Å². The molecule has 2 rings (SSSR count). The Labute approximate surface area is 119 Å². The summed E-state index contributed by atoms with van der Waals surface area (Å²) in [6.07, 6.45) is 0.183. The molecular formula is C15H22N2O3. The van der Waals surface area contributed by atoms with E-state index in [1.165, 1.54) is 0 Å². The molecule has 2 N–H and O–H groups in total. The number of rotatable bonds is 5. The third-order valence-corrected chi connectivity index (χ3v) is 3.66. The zero-order valence-electron chi connectivity index (χ0n) is 12.1. The second-order valence-electron chi connectivity index (χ2n) is 5.10. The van der Waals surface area contributed by atoms with Gasteiger partial charge in [-0.25, -0.2) is 4.79 Å². The highest BCUT2D eigenvalue weighted by Gasteiger charge is 2.19. The Morgan fingerprint density at radius 2 is 2.35 bits per heavy atom. The maximum absolute atomic E-state index is 10.9. The summed E-state index contributed by atoms with van der Waals surface area (Å²) in [6.45, 7) is 8.57. The highest BCUT2D eigenvalue weighted by Crippen LogP contribution is 2.17. The summed E-state index contributed by atoms with van der Waals surface area (Å²) >= 11 is 0. The molecule has 1 aromatic carbocycles. The third kappa shape index (κ3) is 3.71. The van der Waals surface area contributed by atoms with Gasteiger partial charge in [-0.15, -0.1) is 0 Å². The number of likely N-dealkylation sites (N-methyl/N-ethyl adjacent to an activating group) is 1. The fraction of sp³-hybridized carbons (Fsp3) is 0.533. The Morgan fingerprint density at radius 1 is 1.55 bits per heavy atom. The fourth-order valence-electron chi connectivity index (χ4n) is 2.41. The molecule has 110 valence electrons. The smallest absolute Gasteiger partial charge is 0.335 e. The molecule has 0 saturated carbocycles. The van der Waals surface area contributed by atoms with Crippen LogP contribution in [0.2, 0.25) is 0 Å². The summed E-state index contributed by atoms with van der Waals surface area (Å²) in [5.41, 5.74) is 2.22. The van der Waals surface area contributed by atoms with Gasteiger partial charge in [0.15, 0.2) is 0 Å². The number of nitrogens with one attached hydrogen (secondary N) is 1. The lowest BCUT2D eigenvalue weighted by Gasteiger charge is -2.32. The Kier molecular flexibility index (Phi) is 4.98. The van der Waals surface area contributed by atoms with Crippen molar-refractivity contribution < 1.29 is 14.6 Å². The Balaban J connectivity index is 1.92. The zero-order valence-corrected chi connectivity index (χ0v) is 12.1. The number of hydrogen-bond acceptors (Lipinski definition) is 4. The van der Waals surface area contributed by atoms with Crippen molar-refractivity contribution in [1.82, 2.24) is 4.90 Å². The maximum atomic E-state index is 10.9. The van der Waals surface area contributed by atoms with Gasteiger partial charge >= 0.3 is 5.97 Å². The number of aromatic carboxylic acids is 1. The van der Waals surface area contributed by atoms with E-state index in [1.54, 1.807) is 12.1 Å². The van der Waals surface area contributed by atoms with Gasteiger partial charge in [0.2, 0.25) is 0 Å². The molecule has 1 aliphatic heterocycles. The number of carboxylic acids is 1. The standard InChI is InChI=1S/C15H22N2O3/c1-3-17-6-7-20-13(10-17)9-16-14-5-4-12(15(18)19)8-11(14)2/h4-5,8,13,16H,3,6-7,9-10H2,1-2H3,(H,18,19). The third-order valence-electron chi connectivity index (χ3n) is 3.66. The van der Waals surface area contributed by atoms with E-state index in [9.17, 15) is 4.79 Å². The summed E-state index contributed by atoms with van der Waals surface area (Å²) in [4.78, 5) is 13.3. The predicted octanol–water partition coefficient (Wildman–Crippen LogP) is 1.83. The summed E-state index contributed by atoms with van der Waals surface area (Å²) in [6, 6.07) is 5.13. The molecule has 5 nitrogen and oxygen atoms in total. The van der Waals surface area contributed by atoms with Crippen LogP contribution in [0.1, 0.15) is 22.8 Å². The first-order valence-electron chi connectivity index (χ1n) is 7.02. The molecule has 0 radical (unpaired) electrons. The molecule has 0 amide bonds. The van der Waals surface area contributed by atoms with Gasteiger partial charge in [-0.2, -0.15) is 0 Å². The van der Waals surface area contributed by atoms with Crippen LogP contribution in [-0.2, 0) is 4.74 Å². The predicted molar refractivity (Wildman–Crippen MR) is 78.5 cm³/mol. The minimum Gasteiger partial charge on any atom is -0.478 e. The van der Waals surface area contributed by atoms with Crippen LogP contribution in [-0.4, -0.2) is 54.9 Å². The van der Waals surface area contributed by atoms with Crippen LogP contribution in [0.4, 0.5) is 5.69 Å². The van der Waals surface area contributed by atoms with Crippen molar-refractivity contribution in [1.29, 1.82) is 0 Å². The first-order chi connectivity index (χ1) is 9.60. The number of morpholine rings is 1. The van der Waals surface area contributed by atoms with Crippen LogP contribution in [0.3, 0.4) is 0 Å². The first-order valence-corrected chi connectivity index (χ1v) is 7.02. The van der Waals surface area contributed by atoms with Gasteiger partial charge in [0, 0.05) is 25.3 Å². The maximum Gasteiger partial charge on any atom is 0.335 e. The first kappa shape index (κ1) is 14.8. The molecule has 1 atom stereocenters. The quantitative estimate of drug-likeness (QED) is 0.860. The van der Waals surface area contributed by atoms with Crippen LogP contribution in [0.5, 0.6) is 0 Å². The lowest BCUT2D eigenvalue weighted by Crippen LogP contribution is -2.45. The molecule has 1 fully saturated rings. The lowest BCUT2D eigenvalue weighted by molar-refractivity contribution is -0.0191. The number of aryl methyl sites for hydroxylation is 1. The van der Waals surface area contributed by atoms with Crippen molar-refractivity contribution in [2.24, 2.45) is 0 Å². The number of benzene rings is 1. The van der Waals surface area contributed by atoms with E-state index < -0.39 is 5.97 Å². The van der Waals surface area contributed by atoms with Gasteiger partial charge in [-0.05, 0) is 37.2 Å². The topological polar surface area (TPSA) is 61.8 Å². The largest absolute Gasteiger partial charge is 0.478 e. The second-order valence-corrected chi connectivity index (χ2v) is 5.10. The van der Waals surface area contributed by atoms with Gasteiger partial charge in [-0.3, -0.25) is 4.90 Å². The van der Waals surface area contributed by atoms with Gasteiger partial charge in [0.25, 0.3) is 0 Å². The van der Waals surface area contributed by atoms with Crippen LogP contribution in [0.25, 0.3) is 0 Å². The Morgan fingerprint density at radius 3 is 3.00 bits per heavy atom. The number of carbonyl (C=O) groups is 1. The van der Waals surface area contributed by atoms with Gasteiger partial charge in [0.05, 0.1) is 18.3 Å². The molecule has 1 aromatic rings. The fourth-order valence-corrected chi connectivity index (χ4v) is 2.41. The van der Waals surface area contributed by atoms with Gasteiger partial charge in [0.1, 0.15) is 0 Å². The number of carboxylic acid groups (broad SMARTS) is 1. The average molecular weight is 278 g/mol. The van der Waals surface area contributed by atoms with Gasteiger partial charge in [-0.1, -0.05) is 6.92 Å². The Hall–Kier alpha value is -1.59. The lowest BCUT2D eigenvalue weighted by atomic mass is 10.1. The molecular weight excluding hydrogens is 256 g/mol. The molecule has 1 saturated heterocycles. The normalized spacial score (nSPS) is 19.8. The molecule has 0 spiro atoms. The zero-order chi connectivity index (χ0) is 14.5. The highest BCUT2D eigenvalue weighted by atomic mass is 16.5. The molecule has 1 heterocycles. The van der Waals surface area contributed by atoms with E-state index in [1.807, 2.05) is 13.0 Å². The van der Waals surface area contributed by atoms with Crippen molar-refractivity contribution in [3.8, 4) is 0 Å². The molecule has 0 aromatic heterocycles. The van der Waals surface area contributed by atoms with Crippen LogP contribution in [0, 0.1) is 6.92 Å². The molecule has 1 unspecified atom stereocenters. The average Bonchev–Trinajstić information content (AvgIpc) is 2.46. The van der Waals surface area contributed by atoms with E-state index in [4.69, 9.17) is 9.84 Å². The number of hydrogen-bond donors (Lipinski definition) is 2. The number of anilines is 1. The van der Waals surface area contributed by atoms with E-state index >= 15 is 0 Å². The highest BCUT2D eigenvalue weighted by molar-refractivity contribution is 5.88. The second kappa shape index (κ2) is 6.72. The molecule has 0 bridgehead atoms. The molecule has 0 aliphatic carbocycles. The van der Waals surface area contributed by atoms with E-state index in [0.29, 0.717) is 5.56 Å². The molecule has 20 heavy (non-hydrogen) atoms. The van der Waals surface area contributed by atoms with Crippen LogP contribution in [0.15, 0.2) is 18.2 Å². The summed E-state index contributed by atoms with van der Waals surface area (Å²) in [7, 11) is 0. The van der Waals surface area contributed by atoms with Crippen molar-refractivity contribution in [2.45, 2.75) is 20.0 Å². The summed E-state index contributed by atoms with van der Waals surface area (Å²) in [5, 5.41) is 12.3.